The van der Waals surface area contributed by atoms with E-state index in [4.69, 9.17) is 5.73 Å². The van der Waals surface area contributed by atoms with Crippen molar-refractivity contribution >= 4 is 0 Å². The lowest BCUT2D eigenvalue weighted by molar-refractivity contribution is 0.0735. The summed E-state index contributed by atoms with van der Waals surface area (Å²) in [7, 11) is 0. The highest BCUT2D eigenvalue weighted by atomic mass is 16.3. The van der Waals surface area contributed by atoms with Crippen LogP contribution in [0.25, 0.3) is 0 Å². The minimum absolute atomic E-state index is 0.256. The molecule has 1 aliphatic carbocycles. The molecular weight excluding hydrogens is 162 g/mol. The van der Waals surface area contributed by atoms with Gasteiger partial charge >= 0.3 is 0 Å². The van der Waals surface area contributed by atoms with Gasteiger partial charge in [-0.05, 0) is 43.4 Å². The fourth-order valence-electron chi connectivity index (χ4n) is 2.39. The minimum atomic E-state index is -0.256. The normalized spacial score (nSPS) is 32.1. The summed E-state index contributed by atoms with van der Waals surface area (Å²) in [5.41, 5.74) is 5.45. The van der Waals surface area contributed by atoms with Gasteiger partial charge in [-0.1, -0.05) is 13.8 Å². The van der Waals surface area contributed by atoms with E-state index in [0.717, 1.165) is 11.8 Å². The van der Waals surface area contributed by atoms with Crippen LogP contribution in [0.5, 0.6) is 0 Å². The molecule has 0 aliphatic heterocycles. The van der Waals surface area contributed by atoms with E-state index in [1.165, 1.54) is 25.7 Å². The number of aliphatic hydroxyl groups excluding tert-OH is 1. The van der Waals surface area contributed by atoms with E-state index in [-0.39, 0.29) is 6.10 Å². The fourth-order valence-corrected chi connectivity index (χ4v) is 2.39. The largest absolute Gasteiger partial charge is 0.392 e. The Bertz CT molecular complexity index is 139. The standard InChI is InChI=1S/C11H23NO/c1-8(2)9-3-5-10(6-4-9)11(13)7-12/h8-11,13H,3-7,12H2,1-2H3/t9?,10?,11-/m0/s1. The number of aliphatic hydroxyl groups is 1. The first-order chi connectivity index (χ1) is 6.15. The molecule has 0 unspecified atom stereocenters. The van der Waals surface area contributed by atoms with Gasteiger partial charge in [0, 0.05) is 6.54 Å². The molecule has 0 bridgehead atoms. The summed E-state index contributed by atoms with van der Waals surface area (Å²) in [5, 5.41) is 9.58. The van der Waals surface area contributed by atoms with E-state index in [1.807, 2.05) is 0 Å². The highest BCUT2D eigenvalue weighted by molar-refractivity contribution is 4.78. The molecule has 2 nitrogen and oxygen atoms in total. The molecule has 1 rings (SSSR count). The first-order valence-electron chi connectivity index (χ1n) is 5.53. The molecule has 0 heterocycles. The molecule has 2 heteroatoms. The van der Waals surface area contributed by atoms with Gasteiger partial charge in [-0.25, -0.2) is 0 Å². The zero-order valence-electron chi connectivity index (χ0n) is 8.87. The van der Waals surface area contributed by atoms with Crippen LogP contribution in [-0.4, -0.2) is 17.8 Å². The Morgan fingerprint density at radius 1 is 1.15 bits per heavy atom. The molecule has 1 aliphatic rings. The number of hydrogen-bond donors (Lipinski definition) is 2. The lowest BCUT2D eigenvalue weighted by atomic mass is 9.75. The van der Waals surface area contributed by atoms with E-state index >= 15 is 0 Å². The van der Waals surface area contributed by atoms with E-state index in [9.17, 15) is 5.11 Å². The molecule has 1 fully saturated rings. The molecule has 0 aromatic carbocycles. The summed E-state index contributed by atoms with van der Waals surface area (Å²) < 4.78 is 0. The zero-order valence-corrected chi connectivity index (χ0v) is 8.87. The van der Waals surface area contributed by atoms with Crippen LogP contribution in [0.3, 0.4) is 0 Å². The molecule has 1 saturated carbocycles. The Hall–Kier alpha value is -0.0800. The van der Waals surface area contributed by atoms with Crippen LogP contribution in [0.2, 0.25) is 0 Å². The van der Waals surface area contributed by atoms with Crippen LogP contribution in [0.1, 0.15) is 39.5 Å². The summed E-state index contributed by atoms with van der Waals surface area (Å²) in [4.78, 5) is 0. The summed E-state index contributed by atoms with van der Waals surface area (Å²) in [6.07, 6.45) is 4.63. The van der Waals surface area contributed by atoms with Gasteiger partial charge in [-0.15, -0.1) is 0 Å². The third-order valence-corrected chi connectivity index (χ3v) is 3.54. The van der Waals surface area contributed by atoms with Gasteiger partial charge in [0.2, 0.25) is 0 Å². The maximum Gasteiger partial charge on any atom is 0.0690 e. The predicted octanol–water partition coefficient (Wildman–Crippen LogP) is 1.77. The van der Waals surface area contributed by atoms with Crippen molar-refractivity contribution in [2.24, 2.45) is 23.5 Å². The van der Waals surface area contributed by atoms with Crippen molar-refractivity contribution in [3.63, 3.8) is 0 Å². The smallest absolute Gasteiger partial charge is 0.0690 e. The quantitative estimate of drug-likeness (QED) is 0.704. The van der Waals surface area contributed by atoms with E-state index < -0.39 is 0 Å². The van der Waals surface area contributed by atoms with E-state index in [1.54, 1.807) is 0 Å². The van der Waals surface area contributed by atoms with Crippen LogP contribution in [0.4, 0.5) is 0 Å². The lowest BCUT2D eigenvalue weighted by Gasteiger charge is -2.32. The number of rotatable bonds is 3. The number of hydrogen-bond acceptors (Lipinski definition) is 2. The Kier molecular flexibility index (Phi) is 4.20. The molecule has 0 aromatic heterocycles. The monoisotopic (exact) mass is 185 g/mol. The van der Waals surface area contributed by atoms with Crippen molar-refractivity contribution in [3.8, 4) is 0 Å². The molecule has 3 N–H and O–H groups in total. The molecule has 13 heavy (non-hydrogen) atoms. The number of nitrogens with two attached hydrogens (primary N) is 1. The average molecular weight is 185 g/mol. The second kappa shape index (κ2) is 4.97. The highest BCUT2D eigenvalue weighted by Crippen LogP contribution is 2.34. The zero-order chi connectivity index (χ0) is 9.84. The summed E-state index contributed by atoms with van der Waals surface area (Å²) >= 11 is 0. The summed E-state index contributed by atoms with van der Waals surface area (Å²) in [5.74, 6) is 2.15. The van der Waals surface area contributed by atoms with Gasteiger partial charge in [0.1, 0.15) is 0 Å². The molecular formula is C11H23NO. The molecule has 0 spiro atoms. The summed E-state index contributed by atoms with van der Waals surface area (Å²) in [6.45, 7) is 5.02. The van der Waals surface area contributed by atoms with Crippen LogP contribution < -0.4 is 5.73 Å². The third kappa shape index (κ3) is 2.96. The van der Waals surface area contributed by atoms with Gasteiger partial charge in [-0.3, -0.25) is 0 Å². The lowest BCUT2D eigenvalue weighted by Crippen LogP contribution is -2.32. The SMILES string of the molecule is CC(C)C1CCC([C@@H](O)CN)CC1. The van der Waals surface area contributed by atoms with Crippen molar-refractivity contribution in [3.05, 3.63) is 0 Å². The van der Waals surface area contributed by atoms with Crippen LogP contribution in [-0.2, 0) is 0 Å². The molecule has 1 atom stereocenters. The summed E-state index contributed by atoms with van der Waals surface area (Å²) in [6, 6.07) is 0. The first-order valence-corrected chi connectivity index (χ1v) is 5.53. The Balaban J connectivity index is 2.30. The maximum atomic E-state index is 9.58. The van der Waals surface area contributed by atoms with Crippen molar-refractivity contribution in [1.29, 1.82) is 0 Å². The predicted molar refractivity (Wildman–Crippen MR) is 55.3 cm³/mol. The second-order valence-electron chi connectivity index (χ2n) is 4.72. The van der Waals surface area contributed by atoms with Gasteiger partial charge in [-0.2, -0.15) is 0 Å². The Morgan fingerprint density at radius 2 is 1.62 bits per heavy atom. The average Bonchev–Trinajstić information content (AvgIpc) is 2.17. The van der Waals surface area contributed by atoms with Gasteiger partial charge in [0.15, 0.2) is 0 Å². The van der Waals surface area contributed by atoms with Crippen LogP contribution >= 0.6 is 0 Å². The van der Waals surface area contributed by atoms with Gasteiger partial charge < -0.3 is 10.8 Å². The maximum absolute atomic E-state index is 9.58. The van der Waals surface area contributed by atoms with Gasteiger partial charge in [0.25, 0.3) is 0 Å². The highest BCUT2D eigenvalue weighted by Gasteiger charge is 2.26. The Morgan fingerprint density at radius 3 is 2.00 bits per heavy atom. The third-order valence-electron chi connectivity index (χ3n) is 3.54. The molecule has 0 amide bonds. The van der Waals surface area contributed by atoms with Gasteiger partial charge in [0.05, 0.1) is 6.10 Å². The van der Waals surface area contributed by atoms with Crippen molar-refractivity contribution in [2.75, 3.05) is 6.54 Å². The fraction of sp³-hybridized carbons (Fsp3) is 1.00. The van der Waals surface area contributed by atoms with Crippen molar-refractivity contribution < 1.29 is 5.11 Å². The van der Waals surface area contributed by atoms with E-state index in [2.05, 4.69) is 13.8 Å². The minimum Gasteiger partial charge on any atom is -0.392 e. The molecule has 78 valence electrons. The second-order valence-corrected chi connectivity index (χ2v) is 4.72. The van der Waals surface area contributed by atoms with Crippen LogP contribution in [0, 0.1) is 17.8 Å². The Labute approximate surface area is 81.5 Å². The molecule has 0 aromatic rings. The molecule has 0 saturated heterocycles. The van der Waals surface area contributed by atoms with Crippen molar-refractivity contribution in [2.45, 2.75) is 45.6 Å². The van der Waals surface area contributed by atoms with E-state index in [0.29, 0.717) is 12.5 Å². The topological polar surface area (TPSA) is 46.2 Å². The molecule has 0 radical (unpaired) electrons. The van der Waals surface area contributed by atoms with Crippen molar-refractivity contribution in [1.82, 2.24) is 0 Å². The first kappa shape index (κ1) is 11.0. The van der Waals surface area contributed by atoms with Crippen LogP contribution in [0.15, 0.2) is 0 Å².